The molecule has 10 aromatic rings. The van der Waals surface area contributed by atoms with E-state index >= 15 is 0 Å². The van der Waals surface area contributed by atoms with E-state index in [1.54, 1.807) is 4.57 Å². The van der Waals surface area contributed by atoms with Gasteiger partial charge in [-0.25, -0.2) is 0 Å². The molecule has 0 saturated heterocycles. The second-order valence-electron chi connectivity index (χ2n) is 12.0. The Kier molecular flexibility index (Phi) is 4.56. The minimum atomic E-state index is -0.416. The van der Waals surface area contributed by atoms with Crippen LogP contribution in [0.2, 0.25) is 0 Å². The molecule has 0 aliphatic heterocycles. The van der Waals surface area contributed by atoms with Crippen LogP contribution in [0.4, 0.5) is 0 Å². The van der Waals surface area contributed by atoms with Crippen LogP contribution < -0.4 is 0 Å². The Hall–Kier alpha value is -6.38. The van der Waals surface area contributed by atoms with Crippen LogP contribution in [0.25, 0.3) is 88.0 Å². The third kappa shape index (κ3) is 4.00. The predicted molar refractivity (Wildman–Crippen MR) is 203 cm³/mol. The number of nitrogens with zero attached hydrogens (tertiary/aromatic N) is 2. The Labute approximate surface area is 288 Å². The van der Waals surface area contributed by atoms with E-state index in [2.05, 4.69) is 47.0 Å². The van der Waals surface area contributed by atoms with Crippen molar-refractivity contribution < 1.29 is 9.60 Å². The molecule has 0 radical (unpaired) electrons. The van der Waals surface area contributed by atoms with Gasteiger partial charge in [-0.05, 0) is 82.2 Å². The molecule has 2 heterocycles. The molecule has 0 unspecified atom stereocenters. The Balaban J connectivity index is 1.34. The van der Waals surface area contributed by atoms with Gasteiger partial charge in [0.05, 0.1) is 37.3 Å². The molecule has 10 rings (SSSR count). The zero-order valence-corrected chi connectivity index (χ0v) is 25.7. The second-order valence-corrected chi connectivity index (χ2v) is 12.0. The maximum atomic E-state index is 9.84. The first-order valence-electron chi connectivity index (χ1n) is 19.5. The molecule has 2 heteroatoms. The van der Waals surface area contributed by atoms with Crippen molar-refractivity contribution in [1.29, 1.82) is 0 Å². The predicted octanol–water partition coefficient (Wildman–Crippen LogP) is 12.4. The van der Waals surface area contributed by atoms with E-state index in [9.17, 15) is 4.11 Å². The summed E-state index contributed by atoms with van der Waals surface area (Å²) in [5.74, 6) is 0. The van der Waals surface area contributed by atoms with Crippen LogP contribution in [-0.2, 0) is 0 Å². The molecule has 0 atom stereocenters. The van der Waals surface area contributed by atoms with E-state index in [0.717, 1.165) is 49.4 Å². The van der Waals surface area contributed by atoms with Crippen LogP contribution in [0.15, 0.2) is 182 Å². The van der Waals surface area contributed by atoms with Gasteiger partial charge in [0.25, 0.3) is 0 Å². The van der Waals surface area contributed by atoms with Gasteiger partial charge < -0.3 is 9.13 Å². The van der Waals surface area contributed by atoms with Crippen LogP contribution in [0, 0.1) is 0 Å². The number of hydrogen-bond donors (Lipinski definition) is 0. The third-order valence-electron chi connectivity index (χ3n) is 9.34. The fraction of sp³-hybridized carbons (Fsp3) is 0. The quantitative estimate of drug-likeness (QED) is 0.186. The van der Waals surface area contributed by atoms with Crippen LogP contribution >= 0.6 is 0 Å². The van der Waals surface area contributed by atoms with Crippen molar-refractivity contribution >= 4 is 54.4 Å². The number of benzene rings is 8. The van der Waals surface area contributed by atoms with Crippen LogP contribution in [0.1, 0.15) is 9.60 Å². The first kappa shape index (κ1) is 20.7. The molecule has 2 aromatic heterocycles. The van der Waals surface area contributed by atoms with E-state index in [-0.39, 0.29) is 57.6 Å². The van der Waals surface area contributed by atoms with Gasteiger partial charge in [-0.3, -0.25) is 0 Å². The van der Waals surface area contributed by atoms with Gasteiger partial charge in [-0.1, -0.05) is 127 Å². The molecule has 0 amide bonds. The Morgan fingerprint density at radius 1 is 0.417 bits per heavy atom. The van der Waals surface area contributed by atoms with Crippen molar-refractivity contribution in [2.75, 3.05) is 0 Å². The van der Waals surface area contributed by atoms with Gasteiger partial charge in [0.1, 0.15) is 0 Å². The van der Waals surface area contributed by atoms with Crippen molar-refractivity contribution in [2.45, 2.75) is 0 Å². The zero-order valence-electron chi connectivity index (χ0n) is 32.7. The number of hydrogen-bond acceptors (Lipinski definition) is 0. The Morgan fingerprint density at radius 2 is 1.17 bits per heavy atom. The van der Waals surface area contributed by atoms with Gasteiger partial charge in [-0.2, -0.15) is 0 Å². The summed E-state index contributed by atoms with van der Waals surface area (Å²) in [4.78, 5) is 0. The van der Waals surface area contributed by atoms with Gasteiger partial charge in [-0.15, -0.1) is 0 Å². The lowest BCUT2D eigenvalue weighted by molar-refractivity contribution is 1.18. The highest BCUT2D eigenvalue weighted by Crippen LogP contribution is 2.41. The number of rotatable bonds is 4. The summed E-state index contributed by atoms with van der Waals surface area (Å²) in [7, 11) is 0. The largest absolute Gasteiger partial charge is 0.309 e. The van der Waals surface area contributed by atoms with Crippen molar-refractivity contribution in [3.8, 4) is 33.6 Å². The third-order valence-corrected chi connectivity index (χ3v) is 9.34. The van der Waals surface area contributed by atoms with Gasteiger partial charge in [0.2, 0.25) is 0 Å². The highest BCUT2D eigenvalue weighted by Gasteiger charge is 2.18. The molecule has 48 heavy (non-hydrogen) atoms. The number of fused-ring (bicyclic) bond motifs is 7. The first-order valence-corrected chi connectivity index (χ1v) is 16.0. The van der Waals surface area contributed by atoms with E-state index in [4.69, 9.17) is 5.48 Å². The Bertz CT molecular complexity index is 3220. The summed E-state index contributed by atoms with van der Waals surface area (Å²) in [6.45, 7) is 0. The van der Waals surface area contributed by atoms with E-state index < -0.39 is 12.1 Å². The summed E-state index contributed by atoms with van der Waals surface area (Å²) >= 11 is 0. The summed E-state index contributed by atoms with van der Waals surface area (Å²) < 4.78 is 68.4. The average Bonchev–Trinajstić information content (AvgIpc) is 3.76. The fourth-order valence-corrected chi connectivity index (χ4v) is 7.24. The molecule has 0 bridgehead atoms. The van der Waals surface area contributed by atoms with Crippen LogP contribution in [-0.4, -0.2) is 9.13 Å². The minimum absolute atomic E-state index is 0.0700. The van der Waals surface area contributed by atoms with Crippen LogP contribution in [0.5, 0.6) is 0 Å². The summed E-state index contributed by atoms with van der Waals surface area (Å²) in [6.07, 6.45) is 0. The summed E-state index contributed by atoms with van der Waals surface area (Å²) in [6, 6.07) is 44.1. The molecule has 0 N–H and O–H groups in total. The maximum absolute atomic E-state index is 9.84. The first-order chi connectivity index (χ1) is 26.8. The summed E-state index contributed by atoms with van der Waals surface area (Å²) in [5, 5.41) is 4.02. The molecule has 0 aliphatic rings. The monoisotopic (exact) mass is 617 g/mol. The van der Waals surface area contributed by atoms with Crippen molar-refractivity contribution in [3.05, 3.63) is 182 Å². The topological polar surface area (TPSA) is 9.86 Å². The van der Waals surface area contributed by atoms with Crippen molar-refractivity contribution in [3.63, 3.8) is 0 Å². The highest BCUT2D eigenvalue weighted by atomic mass is 15.0. The Morgan fingerprint density at radius 3 is 2.06 bits per heavy atom. The lowest BCUT2D eigenvalue weighted by Gasteiger charge is -2.12. The zero-order chi connectivity index (χ0) is 37.7. The second kappa shape index (κ2) is 10.6. The standard InChI is InChI=1S/C46H30N2/c1-3-13-32(14-4-1)37-21-12-24-45-46(37)40-30-34(26-28-44(40)47(45)35-17-5-2-6-18-35)33-25-27-43-39(29-33)38-20-9-10-22-42(38)48(43)41-23-11-16-31-15-7-8-19-36(31)41/h1-30H/i9D,10D,20D,22D,25D,27D,29D. The molecule has 0 fully saturated rings. The van der Waals surface area contributed by atoms with Gasteiger partial charge >= 0.3 is 0 Å². The molecule has 0 saturated carbocycles. The van der Waals surface area contributed by atoms with E-state index in [1.165, 1.54) is 0 Å². The minimum Gasteiger partial charge on any atom is -0.309 e. The van der Waals surface area contributed by atoms with Crippen LogP contribution in [0.3, 0.4) is 0 Å². The van der Waals surface area contributed by atoms with Gasteiger partial charge in [0, 0.05) is 32.6 Å². The highest BCUT2D eigenvalue weighted by molar-refractivity contribution is 6.17. The molecule has 2 nitrogen and oxygen atoms in total. The van der Waals surface area contributed by atoms with E-state index in [0.29, 0.717) is 11.3 Å². The number of para-hydroxylation sites is 2. The van der Waals surface area contributed by atoms with E-state index in [1.807, 2.05) is 97.1 Å². The smallest absolute Gasteiger partial charge is 0.0645 e. The lowest BCUT2D eigenvalue weighted by Crippen LogP contribution is -1.95. The maximum Gasteiger partial charge on any atom is 0.0645 e. The molecular weight excluding hydrogens is 581 g/mol. The average molecular weight is 618 g/mol. The number of aromatic nitrogens is 2. The molecule has 0 spiro atoms. The summed E-state index contributed by atoms with van der Waals surface area (Å²) in [5.41, 5.74) is 6.80. The van der Waals surface area contributed by atoms with Crippen molar-refractivity contribution in [2.24, 2.45) is 0 Å². The molecule has 224 valence electrons. The normalized spacial score (nSPS) is 13.8. The lowest BCUT2D eigenvalue weighted by atomic mass is 9.97. The van der Waals surface area contributed by atoms with Gasteiger partial charge in [0.15, 0.2) is 0 Å². The molecule has 8 aromatic carbocycles. The fourth-order valence-electron chi connectivity index (χ4n) is 7.24. The van der Waals surface area contributed by atoms with Crippen molar-refractivity contribution in [1.82, 2.24) is 9.13 Å². The molecule has 0 aliphatic carbocycles. The molecular formula is C46H30N2. The SMILES string of the molecule is [2H]c1c([2H])c([2H])c2c(c1[2H])c1c([2H])c(-c3ccc4c(c3)c3c(-c5ccccc5)cccc3n4-c3ccccc3)c([2H])c([2H])c1n2-c1cccc2ccccc12.